The number of aliphatic hydroxyl groups is 1. The second-order valence-corrected chi connectivity index (χ2v) is 4.90. The molecule has 0 aromatic carbocycles. The van der Waals surface area contributed by atoms with Gasteiger partial charge in [0.1, 0.15) is 0 Å². The summed E-state index contributed by atoms with van der Waals surface area (Å²) in [5, 5.41) is 18.8. The van der Waals surface area contributed by atoms with Gasteiger partial charge < -0.3 is 19.7 Å². The Bertz CT molecular complexity index is 351. The molecule has 0 spiro atoms. The van der Waals surface area contributed by atoms with Gasteiger partial charge in [-0.3, -0.25) is 9.59 Å². The first-order valence-electron chi connectivity index (χ1n) is 6.48. The monoisotopic (exact) mass is 290 g/mol. The summed E-state index contributed by atoms with van der Waals surface area (Å²) >= 11 is 0. The number of aliphatic carboxylic acids is 1. The van der Waals surface area contributed by atoms with Gasteiger partial charge in [-0.1, -0.05) is 13.8 Å². The Morgan fingerprint density at radius 3 is 2.00 bits per heavy atom. The van der Waals surface area contributed by atoms with Crippen molar-refractivity contribution in [2.24, 2.45) is 5.92 Å². The molecule has 0 fully saturated rings. The zero-order valence-corrected chi connectivity index (χ0v) is 12.0. The van der Waals surface area contributed by atoms with Gasteiger partial charge in [0, 0.05) is 0 Å². The van der Waals surface area contributed by atoms with Crippen molar-refractivity contribution in [2.45, 2.75) is 45.6 Å². The lowest BCUT2D eigenvalue weighted by Crippen LogP contribution is -2.43. The van der Waals surface area contributed by atoms with E-state index >= 15 is 0 Å². The zero-order valence-electron chi connectivity index (χ0n) is 12.0. The Hall–Kier alpha value is -1.63. The lowest BCUT2D eigenvalue weighted by Gasteiger charge is -2.21. The summed E-state index contributed by atoms with van der Waals surface area (Å²) in [4.78, 5) is 33.7. The van der Waals surface area contributed by atoms with E-state index in [9.17, 15) is 19.5 Å². The molecular formula is C13H22O7. The van der Waals surface area contributed by atoms with Crippen LogP contribution in [0.4, 0.5) is 0 Å². The second-order valence-electron chi connectivity index (χ2n) is 4.90. The molecule has 0 bridgehead atoms. The van der Waals surface area contributed by atoms with Crippen molar-refractivity contribution in [3.63, 3.8) is 0 Å². The van der Waals surface area contributed by atoms with Gasteiger partial charge in [-0.15, -0.1) is 0 Å². The van der Waals surface area contributed by atoms with E-state index in [1.165, 1.54) is 0 Å². The molecule has 0 heterocycles. The van der Waals surface area contributed by atoms with E-state index in [0.717, 1.165) is 0 Å². The van der Waals surface area contributed by atoms with Gasteiger partial charge in [0.2, 0.25) is 0 Å². The fourth-order valence-corrected chi connectivity index (χ4v) is 1.36. The third-order valence-corrected chi connectivity index (χ3v) is 2.54. The van der Waals surface area contributed by atoms with Gasteiger partial charge >= 0.3 is 17.9 Å². The molecule has 2 N–H and O–H groups in total. The van der Waals surface area contributed by atoms with E-state index in [0.29, 0.717) is 12.3 Å². The molecule has 1 unspecified atom stereocenters. The van der Waals surface area contributed by atoms with Gasteiger partial charge in [0.05, 0.1) is 26.1 Å². The van der Waals surface area contributed by atoms with E-state index in [4.69, 9.17) is 9.84 Å². The van der Waals surface area contributed by atoms with Gasteiger partial charge in [0.25, 0.3) is 0 Å². The maximum absolute atomic E-state index is 11.5. The number of carbonyl (C=O) groups excluding carboxylic acids is 2. The number of rotatable bonds is 9. The Kier molecular flexibility index (Phi) is 7.83. The van der Waals surface area contributed by atoms with Crippen LogP contribution in [0.1, 0.15) is 40.0 Å². The van der Waals surface area contributed by atoms with Crippen molar-refractivity contribution >= 4 is 17.9 Å². The van der Waals surface area contributed by atoms with Gasteiger partial charge in [0.15, 0.2) is 5.60 Å². The molecule has 0 rings (SSSR count). The maximum atomic E-state index is 11.5. The first-order chi connectivity index (χ1) is 9.21. The van der Waals surface area contributed by atoms with E-state index in [1.54, 1.807) is 6.92 Å². The van der Waals surface area contributed by atoms with E-state index < -0.39 is 36.4 Å². The summed E-state index contributed by atoms with van der Waals surface area (Å²) in [6, 6.07) is 0. The van der Waals surface area contributed by atoms with Crippen LogP contribution in [0.15, 0.2) is 0 Å². The van der Waals surface area contributed by atoms with Crippen LogP contribution in [0, 0.1) is 5.92 Å². The summed E-state index contributed by atoms with van der Waals surface area (Å²) in [6.07, 6.45) is -0.955. The average Bonchev–Trinajstić information content (AvgIpc) is 2.27. The van der Waals surface area contributed by atoms with Crippen molar-refractivity contribution in [3.05, 3.63) is 0 Å². The highest BCUT2D eigenvalue weighted by Crippen LogP contribution is 2.18. The molecule has 0 aliphatic heterocycles. The first kappa shape index (κ1) is 18.4. The quantitative estimate of drug-likeness (QED) is 0.602. The number of hydrogen-bond donors (Lipinski definition) is 2. The second kappa shape index (κ2) is 8.52. The molecule has 7 heteroatoms. The molecule has 0 saturated heterocycles. The summed E-state index contributed by atoms with van der Waals surface area (Å²) in [6.45, 7) is 5.65. The normalized spacial score (nSPS) is 13.7. The third-order valence-electron chi connectivity index (χ3n) is 2.54. The van der Waals surface area contributed by atoms with Crippen molar-refractivity contribution in [1.82, 2.24) is 0 Å². The SMILES string of the molecule is CCOC(=O)CC(O)(CC(=O)OCCC(C)C)C(=O)O. The fraction of sp³-hybridized carbons (Fsp3) is 0.769. The van der Waals surface area contributed by atoms with Crippen molar-refractivity contribution in [2.75, 3.05) is 13.2 Å². The van der Waals surface area contributed by atoms with Crippen molar-refractivity contribution in [1.29, 1.82) is 0 Å². The Labute approximate surface area is 117 Å². The number of carboxylic acids is 1. The summed E-state index contributed by atoms with van der Waals surface area (Å²) in [7, 11) is 0. The molecule has 116 valence electrons. The average molecular weight is 290 g/mol. The van der Waals surface area contributed by atoms with Gasteiger partial charge in [-0.05, 0) is 19.3 Å². The van der Waals surface area contributed by atoms with Crippen molar-refractivity contribution in [3.8, 4) is 0 Å². The molecular weight excluding hydrogens is 268 g/mol. The molecule has 0 amide bonds. The first-order valence-corrected chi connectivity index (χ1v) is 6.48. The minimum atomic E-state index is -2.50. The van der Waals surface area contributed by atoms with Crippen LogP contribution in [-0.2, 0) is 23.9 Å². The van der Waals surface area contributed by atoms with Crippen LogP contribution in [0.25, 0.3) is 0 Å². The topological polar surface area (TPSA) is 110 Å². The fourth-order valence-electron chi connectivity index (χ4n) is 1.36. The highest BCUT2D eigenvalue weighted by molar-refractivity contribution is 5.88. The molecule has 0 aliphatic rings. The number of esters is 2. The molecule has 0 aromatic rings. The standard InChI is InChI=1S/C13H22O7/c1-4-19-10(14)7-13(18,12(16)17)8-11(15)20-6-5-9(2)3/h9,18H,4-8H2,1-3H3,(H,16,17). The number of hydrogen-bond acceptors (Lipinski definition) is 6. The Morgan fingerprint density at radius 1 is 1.10 bits per heavy atom. The van der Waals surface area contributed by atoms with Crippen LogP contribution in [0.2, 0.25) is 0 Å². The smallest absolute Gasteiger partial charge is 0.336 e. The van der Waals surface area contributed by atoms with Gasteiger partial charge in [-0.2, -0.15) is 0 Å². The molecule has 7 nitrogen and oxygen atoms in total. The highest BCUT2D eigenvalue weighted by Gasteiger charge is 2.41. The zero-order chi connectivity index (χ0) is 15.8. The number of ether oxygens (including phenoxy) is 2. The van der Waals surface area contributed by atoms with Crippen LogP contribution in [0.3, 0.4) is 0 Å². The number of carboxylic acid groups (broad SMARTS) is 1. The van der Waals surface area contributed by atoms with Crippen LogP contribution in [0.5, 0.6) is 0 Å². The van der Waals surface area contributed by atoms with E-state index in [1.807, 2.05) is 13.8 Å². The van der Waals surface area contributed by atoms with E-state index in [-0.39, 0.29) is 13.2 Å². The van der Waals surface area contributed by atoms with Crippen molar-refractivity contribution < 1.29 is 34.1 Å². The van der Waals surface area contributed by atoms with Crippen LogP contribution < -0.4 is 0 Å². The largest absolute Gasteiger partial charge is 0.479 e. The molecule has 0 aromatic heterocycles. The minimum Gasteiger partial charge on any atom is -0.479 e. The lowest BCUT2D eigenvalue weighted by molar-refractivity contribution is -0.173. The van der Waals surface area contributed by atoms with E-state index in [2.05, 4.69) is 4.74 Å². The third kappa shape index (κ3) is 7.08. The summed E-state index contributed by atoms with van der Waals surface area (Å²) in [5.74, 6) is -3.07. The summed E-state index contributed by atoms with van der Waals surface area (Å²) in [5.41, 5.74) is -2.50. The predicted octanol–water partition coefficient (Wildman–Crippen LogP) is 0.735. The molecule has 0 saturated carbocycles. The molecule has 0 radical (unpaired) electrons. The molecule has 0 aliphatic carbocycles. The van der Waals surface area contributed by atoms with Crippen LogP contribution >= 0.6 is 0 Å². The highest BCUT2D eigenvalue weighted by atomic mass is 16.5. The van der Waals surface area contributed by atoms with Gasteiger partial charge in [-0.25, -0.2) is 4.79 Å². The molecule has 1 atom stereocenters. The Balaban J connectivity index is 4.48. The number of carbonyl (C=O) groups is 3. The Morgan fingerprint density at radius 2 is 1.60 bits per heavy atom. The molecule has 20 heavy (non-hydrogen) atoms. The van der Waals surface area contributed by atoms with Crippen LogP contribution in [-0.4, -0.2) is 46.9 Å². The maximum Gasteiger partial charge on any atom is 0.336 e. The summed E-state index contributed by atoms with van der Waals surface area (Å²) < 4.78 is 9.39. The lowest BCUT2D eigenvalue weighted by atomic mass is 9.96. The predicted molar refractivity (Wildman–Crippen MR) is 68.9 cm³/mol. The minimum absolute atomic E-state index is 0.0629.